The molecule has 2 aromatic rings. The molecule has 2 aromatic carbocycles. The van der Waals surface area contributed by atoms with E-state index in [9.17, 15) is 4.79 Å². The molecule has 0 aliphatic heterocycles. The summed E-state index contributed by atoms with van der Waals surface area (Å²) < 4.78 is 10.8. The first-order valence-electron chi connectivity index (χ1n) is 8.48. The van der Waals surface area contributed by atoms with Crippen molar-refractivity contribution in [3.63, 3.8) is 0 Å². The number of nitrogens with one attached hydrogen (secondary N) is 2. The number of hydrogen-bond donors (Lipinski definition) is 2. The zero-order valence-electron chi connectivity index (χ0n) is 15.1. The summed E-state index contributed by atoms with van der Waals surface area (Å²) in [6.07, 6.45) is 0.340. The van der Waals surface area contributed by atoms with Crippen molar-refractivity contribution in [1.29, 1.82) is 0 Å². The monoisotopic (exact) mass is 343 g/mol. The minimum Gasteiger partial charge on any atom is -0.497 e. The molecule has 5 heteroatoms. The fraction of sp³-hybridized carbons (Fsp3) is 0.350. The molecule has 0 spiro atoms. The van der Waals surface area contributed by atoms with Gasteiger partial charge < -0.3 is 19.7 Å². The summed E-state index contributed by atoms with van der Waals surface area (Å²) in [5, 5.41) is 3.01. The molecular formula is C20H27N2O3+. The van der Waals surface area contributed by atoms with Gasteiger partial charge in [0.15, 0.2) is 0 Å². The smallest absolute Gasteiger partial charge is 0.223 e. The van der Waals surface area contributed by atoms with E-state index in [1.54, 1.807) is 7.11 Å². The standard InChI is InChI=1S/C20H26N2O3/c1-22(2)19(16-9-11-17(24-3)12-10-16)15-21-20(23)13-14-25-18-7-5-4-6-8-18/h4-12,19H,13-15H2,1-3H3,(H,21,23)/p+1/t19-/m1/s1. The van der Waals surface area contributed by atoms with Gasteiger partial charge in [0.2, 0.25) is 5.91 Å². The molecule has 0 radical (unpaired) electrons. The molecule has 1 amide bonds. The Morgan fingerprint density at radius 1 is 1.04 bits per heavy atom. The zero-order valence-corrected chi connectivity index (χ0v) is 15.1. The van der Waals surface area contributed by atoms with Crippen LogP contribution in [-0.4, -0.2) is 40.3 Å². The lowest BCUT2D eigenvalue weighted by atomic mass is 10.1. The Morgan fingerprint density at radius 3 is 2.32 bits per heavy atom. The number of para-hydroxylation sites is 1. The van der Waals surface area contributed by atoms with Crippen LogP contribution < -0.4 is 19.7 Å². The first-order chi connectivity index (χ1) is 12.1. The van der Waals surface area contributed by atoms with Gasteiger partial charge in [0.05, 0.1) is 40.8 Å². The zero-order chi connectivity index (χ0) is 18.1. The van der Waals surface area contributed by atoms with E-state index in [-0.39, 0.29) is 11.9 Å². The maximum atomic E-state index is 12.1. The van der Waals surface area contributed by atoms with E-state index < -0.39 is 0 Å². The Kier molecular flexibility index (Phi) is 7.29. The third-order valence-corrected chi connectivity index (χ3v) is 4.06. The second kappa shape index (κ2) is 9.69. The molecule has 5 nitrogen and oxygen atoms in total. The van der Waals surface area contributed by atoms with E-state index in [4.69, 9.17) is 9.47 Å². The van der Waals surface area contributed by atoms with Crippen LogP contribution in [0.3, 0.4) is 0 Å². The van der Waals surface area contributed by atoms with Gasteiger partial charge in [0, 0.05) is 5.56 Å². The number of amides is 1. The van der Waals surface area contributed by atoms with Crippen molar-refractivity contribution < 1.29 is 19.2 Å². The number of rotatable bonds is 9. The van der Waals surface area contributed by atoms with Crippen LogP contribution in [0.4, 0.5) is 0 Å². The second-order valence-electron chi connectivity index (χ2n) is 6.12. The highest BCUT2D eigenvalue weighted by atomic mass is 16.5. The van der Waals surface area contributed by atoms with E-state index in [1.165, 1.54) is 10.5 Å². The molecule has 0 saturated heterocycles. The first-order valence-corrected chi connectivity index (χ1v) is 8.48. The summed E-state index contributed by atoms with van der Waals surface area (Å²) in [6.45, 7) is 0.955. The van der Waals surface area contributed by atoms with Crippen molar-refractivity contribution in [3.05, 3.63) is 60.2 Å². The molecule has 0 heterocycles. The predicted molar refractivity (Wildman–Crippen MR) is 98.1 cm³/mol. The number of benzene rings is 2. The average molecular weight is 343 g/mol. The van der Waals surface area contributed by atoms with Gasteiger partial charge in [0.25, 0.3) is 0 Å². The topological polar surface area (TPSA) is 52.0 Å². The van der Waals surface area contributed by atoms with Crippen LogP contribution in [0.2, 0.25) is 0 Å². The van der Waals surface area contributed by atoms with E-state index in [2.05, 4.69) is 19.4 Å². The number of methoxy groups -OCH3 is 1. The largest absolute Gasteiger partial charge is 0.497 e. The van der Waals surface area contributed by atoms with Crippen molar-refractivity contribution >= 4 is 5.91 Å². The van der Waals surface area contributed by atoms with E-state index in [0.717, 1.165) is 11.5 Å². The van der Waals surface area contributed by atoms with Gasteiger partial charge in [0.1, 0.15) is 17.5 Å². The molecule has 0 aromatic heterocycles. The third-order valence-electron chi connectivity index (χ3n) is 4.06. The number of hydrogen-bond acceptors (Lipinski definition) is 3. The first kappa shape index (κ1) is 18.8. The second-order valence-corrected chi connectivity index (χ2v) is 6.12. The summed E-state index contributed by atoms with van der Waals surface area (Å²) in [4.78, 5) is 13.3. The highest BCUT2D eigenvalue weighted by Crippen LogP contribution is 2.15. The summed E-state index contributed by atoms with van der Waals surface area (Å²) in [5.41, 5.74) is 1.17. The summed E-state index contributed by atoms with van der Waals surface area (Å²) >= 11 is 0. The molecule has 0 aliphatic rings. The van der Waals surface area contributed by atoms with Crippen LogP contribution in [0.15, 0.2) is 54.6 Å². The van der Waals surface area contributed by atoms with Crippen molar-refractivity contribution in [3.8, 4) is 11.5 Å². The quantitative estimate of drug-likeness (QED) is 0.725. The number of carbonyl (C=O) groups excluding carboxylic acids is 1. The van der Waals surface area contributed by atoms with Crippen molar-refractivity contribution in [1.82, 2.24) is 5.32 Å². The third kappa shape index (κ3) is 6.12. The highest BCUT2D eigenvalue weighted by molar-refractivity contribution is 5.76. The maximum absolute atomic E-state index is 12.1. The number of likely N-dealkylation sites (N-methyl/N-ethyl adjacent to an activating group) is 1. The van der Waals surface area contributed by atoms with Gasteiger partial charge in [-0.1, -0.05) is 18.2 Å². The SMILES string of the molecule is COc1ccc([C@@H](CNC(=O)CCOc2ccccc2)[NH+](C)C)cc1. The van der Waals surface area contributed by atoms with Crippen LogP contribution in [0.5, 0.6) is 11.5 Å². The summed E-state index contributed by atoms with van der Waals surface area (Å²) in [6, 6.07) is 17.7. The molecule has 1 atom stereocenters. The van der Waals surface area contributed by atoms with E-state index in [0.29, 0.717) is 19.6 Å². The Morgan fingerprint density at radius 2 is 1.72 bits per heavy atom. The average Bonchev–Trinajstić information content (AvgIpc) is 2.63. The van der Waals surface area contributed by atoms with Gasteiger partial charge in [-0.05, 0) is 36.4 Å². The molecule has 0 aliphatic carbocycles. The molecule has 134 valence electrons. The molecule has 0 unspecified atom stereocenters. The molecule has 2 N–H and O–H groups in total. The molecule has 25 heavy (non-hydrogen) atoms. The van der Waals surface area contributed by atoms with E-state index in [1.807, 2.05) is 54.6 Å². The predicted octanol–water partition coefficient (Wildman–Crippen LogP) is 1.47. The fourth-order valence-electron chi connectivity index (χ4n) is 2.57. The van der Waals surface area contributed by atoms with Gasteiger partial charge in [-0.3, -0.25) is 4.79 Å². The van der Waals surface area contributed by atoms with Crippen LogP contribution in [0.1, 0.15) is 18.0 Å². The summed E-state index contributed by atoms with van der Waals surface area (Å²) in [5.74, 6) is 1.61. The number of quaternary nitrogens is 1. The van der Waals surface area contributed by atoms with Crippen LogP contribution in [-0.2, 0) is 4.79 Å². The van der Waals surface area contributed by atoms with Crippen molar-refractivity contribution in [2.24, 2.45) is 0 Å². The van der Waals surface area contributed by atoms with Gasteiger partial charge >= 0.3 is 0 Å². The Hall–Kier alpha value is -2.53. The molecular weight excluding hydrogens is 316 g/mol. The van der Waals surface area contributed by atoms with Crippen molar-refractivity contribution in [2.75, 3.05) is 34.4 Å². The lowest BCUT2D eigenvalue weighted by molar-refractivity contribution is -0.890. The fourth-order valence-corrected chi connectivity index (χ4v) is 2.57. The normalized spacial score (nSPS) is 11.8. The highest BCUT2D eigenvalue weighted by Gasteiger charge is 2.18. The van der Waals surface area contributed by atoms with Crippen molar-refractivity contribution in [2.45, 2.75) is 12.5 Å². The van der Waals surface area contributed by atoms with E-state index >= 15 is 0 Å². The Balaban J connectivity index is 1.80. The molecule has 2 rings (SSSR count). The molecule has 0 fully saturated rings. The minimum absolute atomic E-state index is 0.00399. The van der Waals surface area contributed by atoms with Gasteiger partial charge in [-0.15, -0.1) is 0 Å². The van der Waals surface area contributed by atoms with Crippen LogP contribution in [0.25, 0.3) is 0 Å². The number of carbonyl (C=O) groups is 1. The van der Waals surface area contributed by atoms with Crippen LogP contribution >= 0.6 is 0 Å². The van der Waals surface area contributed by atoms with Gasteiger partial charge in [-0.25, -0.2) is 0 Å². The minimum atomic E-state index is -0.00399. The molecule has 0 bridgehead atoms. The lowest BCUT2D eigenvalue weighted by Gasteiger charge is -2.22. The Labute approximate surface area is 149 Å². The Bertz CT molecular complexity index is 642. The number of ether oxygens (including phenoxy) is 2. The maximum Gasteiger partial charge on any atom is 0.223 e. The summed E-state index contributed by atoms with van der Waals surface area (Å²) in [7, 11) is 5.82. The van der Waals surface area contributed by atoms with Gasteiger partial charge in [-0.2, -0.15) is 0 Å². The molecule has 0 saturated carbocycles. The lowest BCUT2D eigenvalue weighted by Crippen LogP contribution is -3.07. The van der Waals surface area contributed by atoms with Crippen LogP contribution in [0, 0.1) is 0 Å².